The van der Waals surface area contributed by atoms with E-state index in [4.69, 9.17) is 19.6 Å². The molecule has 0 radical (unpaired) electrons. The lowest BCUT2D eigenvalue weighted by molar-refractivity contribution is 0.382. The lowest BCUT2D eigenvalue weighted by atomic mass is 9.98. The lowest BCUT2D eigenvalue weighted by Crippen LogP contribution is -2.14. The van der Waals surface area contributed by atoms with Gasteiger partial charge in [0.05, 0.1) is 25.8 Å². The number of aryl methyl sites for hydroxylation is 2. The van der Waals surface area contributed by atoms with Crippen molar-refractivity contribution in [3.63, 3.8) is 0 Å². The van der Waals surface area contributed by atoms with Gasteiger partial charge in [0.25, 0.3) is 0 Å². The van der Waals surface area contributed by atoms with Crippen LogP contribution in [-0.2, 0) is 0 Å². The van der Waals surface area contributed by atoms with Crippen LogP contribution in [0.25, 0.3) is 0 Å². The SMILES string of the molecule is COc1cccc(OC)c1C(N)c1cc(C)oc1C. The summed E-state index contributed by atoms with van der Waals surface area (Å²) < 4.78 is 16.3. The van der Waals surface area contributed by atoms with E-state index in [1.807, 2.05) is 38.1 Å². The molecule has 1 aromatic carbocycles. The second-order valence-electron chi connectivity index (χ2n) is 4.42. The zero-order valence-corrected chi connectivity index (χ0v) is 11.7. The van der Waals surface area contributed by atoms with Crippen LogP contribution in [0.3, 0.4) is 0 Å². The first kappa shape index (κ1) is 13.5. The fraction of sp³-hybridized carbons (Fsp3) is 0.333. The van der Waals surface area contributed by atoms with Crippen molar-refractivity contribution in [1.29, 1.82) is 0 Å². The predicted molar refractivity (Wildman–Crippen MR) is 73.8 cm³/mol. The van der Waals surface area contributed by atoms with E-state index in [9.17, 15) is 0 Å². The summed E-state index contributed by atoms with van der Waals surface area (Å²) in [6.45, 7) is 3.81. The fourth-order valence-corrected chi connectivity index (χ4v) is 2.30. The number of hydrogen-bond acceptors (Lipinski definition) is 4. The zero-order valence-electron chi connectivity index (χ0n) is 11.7. The van der Waals surface area contributed by atoms with E-state index < -0.39 is 0 Å². The fourth-order valence-electron chi connectivity index (χ4n) is 2.30. The first-order chi connectivity index (χ1) is 9.08. The number of furan rings is 1. The second-order valence-corrected chi connectivity index (χ2v) is 4.42. The van der Waals surface area contributed by atoms with Gasteiger partial charge in [-0.3, -0.25) is 0 Å². The van der Waals surface area contributed by atoms with Gasteiger partial charge in [0.1, 0.15) is 23.0 Å². The molecule has 1 aromatic heterocycles. The summed E-state index contributed by atoms with van der Waals surface area (Å²) >= 11 is 0. The Kier molecular flexibility index (Phi) is 3.81. The molecule has 0 spiro atoms. The first-order valence-corrected chi connectivity index (χ1v) is 6.12. The van der Waals surface area contributed by atoms with Gasteiger partial charge >= 0.3 is 0 Å². The first-order valence-electron chi connectivity index (χ1n) is 6.12. The molecule has 1 unspecified atom stereocenters. The van der Waals surface area contributed by atoms with Crippen molar-refractivity contribution in [3.8, 4) is 11.5 Å². The summed E-state index contributed by atoms with van der Waals surface area (Å²) in [7, 11) is 3.25. The molecule has 0 amide bonds. The van der Waals surface area contributed by atoms with Crippen molar-refractivity contribution in [1.82, 2.24) is 0 Å². The molecule has 4 nitrogen and oxygen atoms in total. The van der Waals surface area contributed by atoms with Crippen molar-refractivity contribution in [2.45, 2.75) is 19.9 Å². The highest BCUT2D eigenvalue weighted by molar-refractivity contribution is 5.50. The van der Waals surface area contributed by atoms with Crippen LogP contribution in [0.5, 0.6) is 11.5 Å². The molecular formula is C15H19NO3. The highest BCUT2D eigenvalue weighted by atomic mass is 16.5. The summed E-state index contributed by atoms with van der Waals surface area (Å²) in [5.74, 6) is 3.09. The summed E-state index contributed by atoms with van der Waals surface area (Å²) in [6, 6.07) is 7.23. The minimum Gasteiger partial charge on any atom is -0.496 e. The smallest absolute Gasteiger partial charge is 0.127 e. The number of rotatable bonds is 4. The maximum Gasteiger partial charge on any atom is 0.127 e. The van der Waals surface area contributed by atoms with Gasteiger partial charge in [0.2, 0.25) is 0 Å². The molecule has 102 valence electrons. The Bertz CT molecular complexity index is 553. The van der Waals surface area contributed by atoms with Gasteiger partial charge in [-0.15, -0.1) is 0 Å². The summed E-state index contributed by atoms with van der Waals surface area (Å²) in [6.07, 6.45) is 0. The normalized spacial score (nSPS) is 12.3. The molecule has 1 atom stereocenters. The summed E-state index contributed by atoms with van der Waals surface area (Å²) in [4.78, 5) is 0. The number of hydrogen-bond donors (Lipinski definition) is 1. The Morgan fingerprint density at radius 3 is 2.11 bits per heavy atom. The van der Waals surface area contributed by atoms with Gasteiger partial charge in [-0.1, -0.05) is 6.07 Å². The van der Waals surface area contributed by atoms with Crippen LogP contribution in [0.4, 0.5) is 0 Å². The van der Waals surface area contributed by atoms with E-state index in [2.05, 4.69) is 0 Å². The molecule has 19 heavy (non-hydrogen) atoms. The predicted octanol–water partition coefficient (Wildman–Crippen LogP) is 2.96. The molecule has 0 saturated carbocycles. The number of nitrogens with two attached hydrogens (primary N) is 1. The summed E-state index contributed by atoms with van der Waals surface area (Å²) in [5, 5.41) is 0. The van der Waals surface area contributed by atoms with Crippen LogP contribution in [0.1, 0.15) is 28.7 Å². The average Bonchev–Trinajstić information content (AvgIpc) is 2.75. The standard InChI is InChI=1S/C15H19NO3/c1-9-8-11(10(2)19-9)15(16)14-12(17-3)6-5-7-13(14)18-4/h5-8,15H,16H2,1-4H3. The molecule has 0 aliphatic heterocycles. The molecule has 4 heteroatoms. The van der Waals surface area contributed by atoms with Gasteiger partial charge in [0, 0.05) is 5.56 Å². The van der Waals surface area contributed by atoms with E-state index in [0.717, 1.165) is 22.6 Å². The largest absolute Gasteiger partial charge is 0.496 e. The third-order valence-corrected chi connectivity index (χ3v) is 3.19. The van der Waals surface area contributed by atoms with Gasteiger partial charge in [0.15, 0.2) is 0 Å². The zero-order chi connectivity index (χ0) is 14.0. The van der Waals surface area contributed by atoms with Crippen LogP contribution in [0.2, 0.25) is 0 Å². The van der Waals surface area contributed by atoms with Gasteiger partial charge < -0.3 is 19.6 Å². The van der Waals surface area contributed by atoms with E-state index in [1.165, 1.54) is 0 Å². The molecule has 0 saturated heterocycles. The van der Waals surface area contributed by atoms with E-state index >= 15 is 0 Å². The highest BCUT2D eigenvalue weighted by Crippen LogP contribution is 2.37. The number of ether oxygens (including phenoxy) is 2. The van der Waals surface area contributed by atoms with Crippen molar-refractivity contribution in [3.05, 3.63) is 46.9 Å². The van der Waals surface area contributed by atoms with E-state index in [-0.39, 0.29) is 6.04 Å². The van der Waals surface area contributed by atoms with Crippen molar-refractivity contribution in [2.24, 2.45) is 5.73 Å². The van der Waals surface area contributed by atoms with E-state index in [1.54, 1.807) is 14.2 Å². The average molecular weight is 261 g/mol. The van der Waals surface area contributed by atoms with Crippen molar-refractivity contribution < 1.29 is 13.9 Å². The number of benzene rings is 1. The maximum absolute atomic E-state index is 6.36. The van der Waals surface area contributed by atoms with Crippen LogP contribution in [0, 0.1) is 13.8 Å². The third-order valence-electron chi connectivity index (χ3n) is 3.19. The molecule has 0 aliphatic rings. The van der Waals surface area contributed by atoms with Crippen LogP contribution < -0.4 is 15.2 Å². The quantitative estimate of drug-likeness (QED) is 0.919. The molecule has 1 heterocycles. The molecule has 0 fully saturated rings. The van der Waals surface area contributed by atoms with Crippen LogP contribution in [-0.4, -0.2) is 14.2 Å². The lowest BCUT2D eigenvalue weighted by Gasteiger charge is -2.18. The van der Waals surface area contributed by atoms with Crippen LogP contribution in [0.15, 0.2) is 28.7 Å². The molecular weight excluding hydrogens is 242 g/mol. The van der Waals surface area contributed by atoms with Crippen LogP contribution >= 0.6 is 0 Å². The van der Waals surface area contributed by atoms with Gasteiger partial charge in [-0.25, -0.2) is 0 Å². The monoisotopic (exact) mass is 261 g/mol. The molecule has 2 aromatic rings. The Labute approximate surface area is 113 Å². The molecule has 0 bridgehead atoms. The molecule has 2 N–H and O–H groups in total. The minimum atomic E-state index is -0.344. The Morgan fingerprint density at radius 2 is 1.68 bits per heavy atom. The Hall–Kier alpha value is -1.94. The molecule has 2 rings (SSSR count). The number of methoxy groups -OCH3 is 2. The summed E-state index contributed by atoms with van der Waals surface area (Å²) in [5.41, 5.74) is 8.14. The maximum atomic E-state index is 6.36. The van der Waals surface area contributed by atoms with Crippen molar-refractivity contribution >= 4 is 0 Å². The van der Waals surface area contributed by atoms with Crippen molar-refractivity contribution in [2.75, 3.05) is 14.2 Å². The third kappa shape index (κ3) is 2.44. The molecule has 0 aliphatic carbocycles. The topological polar surface area (TPSA) is 57.6 Å². The second kappa shape index (κ2) is 5.36. The van der Waals surface area contributed by atoms with Gasteiger partial charge in [-0.05, 0) is 32.0 Å². The Morgan fingerprint density at radius 1 is 1.11 bits per heavy atom. The minimum absolute atomic E-state index is 0.344. The van der Waals surface area contributed by atoms with Gasteiger partial charge in [-0.2, -0.15) is 0 Å². The highest BCUT2D eigenvalue weighted by Gasteiger charge is 2.22. The Balaban J connectivity index is 2.54. The van der Waals surface area contributed by atoms with E-state index in [0.29, 0.717) is 11.5 Å².